The van der Waals surface area contributed by atoms with E-state index in [2.05, 4.69) is 0 Å². The van der Waals surface area contributed by atoms with Crippen molar-refractivity contribution < 1.29 is 13.5 Å². The summed E-state index contributed by atoms with van der Waals surface area (Å²) in [4.78, 5) is 0.00990. The zero-order chi connectivity index (χ0) is 15.5. The van der Waals surface area contributed by atoms with Gasteiger partial charge in [-0.3, -0.25) is 0 Å². The lowest BCUT2D eigenvalue weighted by Crippen LogP contribution is -2.43. The summed E-state index contributed by atoms with van der Waals surface area (Å²) >= 11 is 12.0. The molecule has 0 heterocycles. The fourth-order valence-corrected chi connectivity index (χ4v) is 5.19. The first-order chi connectivity index (χ1) is 9.98. The van der Waals surface area contributed by atoms with Gasteiger partial charge < -0.3 is 5.11 Å². The van der Waals surface area contributed by atoms with Crippen LogP contribution in [-0.4, -0.2) is 37.0 Å². The van der Waals surface area contributed by atoms with Crippen LogP contribution >= 0.6 is 23.2 Å². The Labute approximate surface area is 135 Å². The van der Waals surface area contributed by atoms with Gasteiger partial charge in [-0.15, -0.1) is 0 Å². The molecule has 0 amide bonds. The summed E-state index contributed by atoms with van der Waals surface area (Å²) in [6.45, 7) is -0.135. The Hall–Kier alpha value is -0.330. The van der Waals surface area contributed by atoms with E-state index in [-0.39, 0.29) is 34.1 Å². The van der Waals surface area contributed by atoms with Gasteiger partial charge in [-0.2, -0.15) is 4.31 Å². The van der Waals surface area contributed by atoms with Gasteiger partial charge in [0.2, 0.25) is 10.0 Å². The number of sulfonamides is 1. The van der Waals surface area contributed by atoms with Crippen molar-refractivity contribution in [1.29, 1.82) is 0 Å². The molecule has 1 N–H and O–H groups in total. The monoisotopic (exact) mass is 351 g/mol. The number of benzene rings is 1. The number of aliphatic hydroxyl groups excluding tert-OH is 1. The Bertz CT molecular complexity index is 586. The van der Waals surface area contributed by atoms with Crippen LogP contribution in [0.1, 0.15) is 32.1 Å². The molecule has 0 radical (unpaired) electrons. The van der Waals surface area contributed by atoms with E-state index >= 15 is 0 Å². The molecule has 0 unspecified atom stereocenters. The summed E-state index contributed by atoms with van der Waals surface area (Å²) in [6, 6.07) is 4.50. The maximum absolute atomic E-state index is 12.9. The van der Waals surface area contributed by atoms with Crippen molar-refractivity contribution in [3.63, 3.8) is 0 Å². The maximum atomic E-state index is 12.9. The minimum Gasteiger partial charge on any atom is -0.395 e. The molecule has 0 aliphatic heterocycles. The number of hydrogen-bond donors (Lipinski definition) is 1. The van der Waals surface area contributed by atoms with E-state index in [0.29, 0.717) is 0 Å². The Morgan fingerprint density at radius 2 is 1.86 bits per heavy atom. The first kappa shape index (κ1) is 17.0. The summed E-state index contributed by atoms with van der Waals surface area (Å²) in [6.07, 6.45) is 4.77. The summed E-state index contributed by atoms with van der Waals surface area (Å²) in [5.41, 5.74) is 0. The molecule has 21 heavy (non-hydrogen) atoms. The average Bonchev–Trinajstić information content (AvgIpc) is 2.48. The second-order valence-electron chi connectivity index (χ2n) is 5.18. The number of nitrogens with zero attached hydrogens (tertiary/aromatic N) is 1. The fourth-order valence-electron chi connectivity index (χ4n) is 2.78. The van der Waals surface area contributed by atoms with Crippen molar-refractivity contribution in [2.45, 2.75) is 43.0 Å². The van der Waals surface area contributed by atoms with Crippen LogP contribution in [0.15, 0.2) is 23.1 Å². The highest BCUT2D eigenvalue weighted by Crippen LogP contribution is 2.33. The Morgan fingerprint density at radius 1 is 1.19 bits per heavy atom. The largest absolute Gasteiger partial charge is 0.395 e. The van der Waals surface area contributed by atoms with Crippen LogP contribution in [0.2, 0.25) is 10.0 Å². The molecule has 0 spiro atoms. The first-order valence-electron chi connectivity index (χ1n) is 7.05. The fraction of sp³-hybridized carbons (Fsp3) is 0.571. The van der Waals surface area contributed by atoms with Crippen molar-refractivity contribution >= 4 is 33.2 Å². The molecular formula is C14H19Cl2NO3S. The molecule has 0 bridgehead atoms. The van der Waals surface area contributed by atoms with Gasteiger partial charge in [0.25, 0.3) is 0 Å². The van der Waals surface area contributed by atoms with Crippen molar-refractivity contribution in [2.75, 3.05) is 13.2 Å². The molecule has 1 aliphatic carbocycles. The molecule has 0 atom stereocenters. The zero-order valence-corrected chi connectivity index (χ0v) is 14.0. The third-order valence-corrected chi connectivity index (χ3v) is 6.73. The Kier molecular flexibility index (Phi) is 5.91. The van der Waals surface area contributed by atoms with E-state index in [9.17, 15) is 13.5 Å². The summed E-state index contributed by atoms with van der Waals surface area (Å²) in [7, 11) is -3.76. The van der Waals surface area contributed by atoms with Crippen LogP contribution in [0.3, 0.4) is 0 Å². The molecule has 0 saturated heterocycles. The van der Waals surface area contributed by atoms with Crippen molar-refractivity contribution in [1.82, 2.24) is 4.31 Å². The number of hydrogen-bond acceptors (Lipinski definition) is 3. The SMILES string of the molecule is O=S(=O)(c1cccc(Cl)c1Cl)N(CCO)C1CCCCC1. The molecule has 1 aliphatic rings. The second kappa shape index (κ2) is 7.29. The number of rotatable bonds is 5. The summed E-state index contributed by atoms with van der Waals surface area (Å²) in [5.74, 6) is 0. The lowest BCUT2D eigenvalue weighted by Gasteiger charge is -2.33. The Morgan fingerprint density at radius 3 is 2.48 bits per heavy atom. The second-order valence-corrected chi connectivity index (χ2v) is 7.83. The predicted molar refractivity (Wildman–Crippen MR) is 84.3 cm³/mol. The standard InChI is InChI=1S/C14H19Cl2NO3S/c15-12-7-4-8-13(14(12)16)21(19,20)17(9-10-18)11-5-2-1-3-6-11/h4,7-8,11,18H,1-3,5-6,9-10H2. The third kappa shape index (κ3) is 3.71. The molecule has 7 heteroatoms. The Balaban J connectivity index is 2.39. The van der Waals surface area contributed by atoms with Crippen LogP contribution in [-0.2, 0) is 10.0 Å². The van der Waals surface area contributed by atoms with Crippen molar-refractivity contribution in [3.05, 3.63) is 28.2 Å². The molecule has 1 aromatic rings. The lowest BCUT2D eigenvalue weighted by atomic mass is 9.95. The van der Waals surface area contributed by atoms with E-state index in [1.165, 1.54) is 10.4 Å². The van der Waals surface area contributed by atoms with Gasteiger partial charge in [-0.1, -0.05) is 48.5 Å². The first-order valence-corrected chi connectivity index (χ1v) is 9.25. The van der Waals surface area contributed by atoms with E-state index in [0.717, 1.165) is 32.1 Å². The summed E-state index contributed by atoms with van der Waals surface area (Å²) < 4.78 is 27.1. The highest BCUT2D eigenvalue weighted by atomic mass is 35.5. The van der Waals surface area contributed by atoms with Crippen LogP contribution in [0, 0.1) is 0 Å². The average molecular weight is 352 g/mol. The van der Waals surface area contributed by atoms with Gasteiger partial charge in [-0.25, -0.2) is 8.42 Å². The molecule has 0 aromatic heterocycles. The molecule has 118 valence electrons. The highest BCUT2D eigenvalue weighted by molar-refractivity contribution is 7.89. The third-order valence-electron chi connectivity index (χ3n) is 3.81. The minimum atomic E-state index is -3.76. The van der Waals surface area contributed by atoms with E-state index < -0.39 is 10.0 Å². The van der Waals surface area contributed by atoms with Gasteiger partial charge in [0.05, 0.1) is 16.7 Å². The van der Waals surface area contributed by atoms with Crippen molar-refractivity contribution in [2.24, 2.45) is 0 Å². The van der Waals surface area contributed by atoms with Gasteiger partial charge in [-0.05, 0) is 25.0 Å². The molecular weight excluding hydrogens is 333 g/mol. The molecule has 1 fully saturated rings. The van der Waals surface area contributed by atoms with Crippen LogP contribution < -0.4 is 0 Å². The van der Waals surface area contributed by atoms with Crippen molar-refractivity contribution in [3.8, 4) is 0 Å². The van der Waals surface area contributed by atoms with Gasteiger partial charge in [0.15, 0.2) is 0 Å². The van der Waals surface area contributed by atoms with Crippen LogP contribution in [0.5, 0.6) is 0 Å². The summed E-state index contributed by atoms with van der Waals surface area (Å²) in [5, 5.41) is 9.49. The highest BCUT2D eigenvalue weighted by Gasteiger charge is 2.33. The molecule has 2 rings (SSSR count). The van der Waals surface area contributed by atoms with E-state index in [1.807, 2.05) is 0 Å². The van der Waals surface area contributed by atoms with E-state index in [4.69, 9.17) is 23.2 Å². The smallest absolute Gasteiger partial charge is 0.244 e. The minimum absolute atomic E-state index is 0.00990. The molecule has 1 saturated carbocycles. The normalized spacial score (nSPS) is 17.3. The maximum Gasteiger partial charge on any atom is 0.244 e. The number of aliphatic hydroxyl groups is 1. The van der Waals surface area contributed by atoms with Gasteiger partial charge in [0, 0.05) is 12.6 Å². The topological polar surface area (TPSA) is 57.6 Å². The quantitative estimate of drug-likeness (QED) is 0.885. The zero-order valence-electron chi connectivity index (χ0n) is 11.6. The lowest BCUT2D eigenvalue weighted by molar-refractivity contribution is 0.199. The van der Waals surface area contributed by atoms with E-state index in [1.54, 1.807) is 12.1 Å². The molecule has 1 aromatic carbocycles. The van der Waals surface area contributed by atoms with Gasteiger partial charge in [0.1, 0.15) is 4.90 Å². The van der Waals surface area contributed by atoms with Crippen LogP contribution in [0.25, 0.3) is 0 Å². The van der Waals surface area contributed by atoms with Crippen LogP contribution in [0.4, 0.5) is 0 Å². The predicted octanol–water partition coefficient (Wildman–Crippen LogP) is 3.31. The number of halogens is 2. The van der Waals surface area contributed by atoms with Gasteiger partial charge >= 0.3 is 0 Å². The molecule has 4 nitrogen and oxygen atoms in total.